The van der Waals surface area contributed by atoms with E-state index in [1.165, 1.54) is 10.7 Å². The molecule has 0 radical (unpaired) electrons. The van der Waals surface area contributed by atoms with Crippen LogP contribution in [0.25, 0.3) is 0 Å². The van der Waals surface area contributed by atoms with Gasteiger partial charge in [-0.3, -0.25) is 4.79 Å². The Kier molecular flexibility index (Phi) is 5.24. The van der Waals surface area contributed by atoms with Crippen molar-refractivity contribution in [1.82, 2.24) is 14.5 Å². The number of hydrogen-bond donors (Lipinski definition) is 1. The maximum Gasteiger partial charge on any atom is 0.573 e. The van der Waals surface area contributed by atoms with Crippen molar-refractivity contribution in [2.45, 2.75) is 37.1 Å². The van der Waals surface area contributed by atoms with Gasteiger partial charge < -0.3 is 4.74 Å². The number of alkyl halides is 3. The van der Waals surface area contributed by atoms with E-state index in [0.29, 0.717) is 0 Å². The Hall–Kier alpha value is -2.40. The first-order valence-electron chi connectivity index (χ1n) is 8.09. The van der Waals surface area contributed by atoms with Crippen molar-refractivity contribution in [1.29, 1.82) is 0 Å². The molecule has 146 valence electrons. The summed E-state index contributed by atoms with van der Waals surface area (Å²) in [6, 6.07) is 5.35. The third kappa shape index (κ3) is 4.86. The first-order chi connectivity index (χ1) is 12.6. The van der Waals surface area contributed by atoms with Crippen molar-refractivity contribution in [2.75, 3.05) is 6.54 Å². The number of halogens is 3. The van der Waals surface area contributed by atoms with E-state index in [2.05, 4.69) is 14.6 Å². The van der Waals surface area contributed by atoms with Gasteiger partial charge in [-0.25, -0.2) is 17.8 Å². The molecule has 0 aliphatic heterocycles. The normalized spacial score (nSPS) is 14.2. The van der Waals surface area contributed by atoms with E-state index in [-0.39, 0.29) is 23.5 Å². The maximum atomic E-state index is 12.2. The van der Waals surface area contributed by atoms with Gasteiger partial charge in [-0.05, 0) is 49.1 Å². The highest BCUT2D eigenvalue weighted by atomic mass is 32.2. The molecule has 1 aliphatic carbocycles. The summed E-state index contributed by atoms with van der Waals surface area (Å²) in [6.07, 6.45) is -2.31. The minimum Gasteiger partial charge on any atom is -0.406 e. The van der Waals surface area contributed by atoms with Crippen molar-refractivity contribution in [3.05, 3.63) is 51.9 Å². The van der Waals surface area contributed by atoms with Gasteiger partial charge in [0.25, 0.3) is 5.56 Å². The molecule has 1 aromatic carbocycles. The second-order valence-electron chi connectivity index (χ2n) is 5.95. The molecule has 1 aromatic heterocycles. The van der Waals surface area contributed by atoms with Gasteiger partial charge in [0.1, 0.15) is 5.75 Å². The van der Waals surface area contributed by atoms with Gasteiger partial charge in [0.15, 0.2) is 0 Å². The van der Waals surface area contributed by atoms with Gasteiger partial charge in [-0.15, -0.1) is 13.2 Å². The van der Waals surface area contributed by atoms with Crippen LogP contribution in [0.5, 0.6) is 5.75 Å². The van der Waals surface area contributed by atoms with Crippen LogP contribution in [-0.4, -0.2) is 31.1 Å². The number of aromatic nitrogens is 2. The number of sulfonamides is 1. The van der Waals surface area contributed by atoms with E-state index in [1.54, 1.807) is 0 Å². The van der Waals surface area contributed by atoms with Crippen LogP contribution in [-0.2, 0) is 29.4 Å². The van der Waals surface area contributed by atoms with E-state index < -0.39 is 22.1 Å². The van der Waals surface area contributed by atoms with Gasteiger partial charge >= 0.3 is 6.36 Å². The molecule has 7 nitrogen and oxygen atoms in total. The van der Waals surface area contributed by atoms with Gasteiger partial charge in [-0.1, -0.05) is 0 Å². The maximum absolute atomic E-state index is 12.2. The molecule has 0 unspecified atom stereocenters. The Morgan fingerprint density at radius 1 is 1.19 bits per heavy atom. The fraction of sp³-hybridized carbons (Fsp3) is 0.375. The number of benzene rings is 1. The van der Waals surface area contributed by atoms with Crippen LogP contribution in [0.4, 0.5) is 13.2 Å². The first kappa shape index (κ1) is 19.4. The molecule has 0 saturated carbocycles. The molecule has 1 heterocycles. The molecule has 1 aliphatic rings. The lowest BCUT2D eigenvalue weighted by Gasteiger charge is -2.11. The van der Waals surface area contributed by atoms with Crippen LogP contribution in [0, 0.1) is 0 Å². The highest BCUT2D eigenvalue weighted by Gasteiger charge is 2.31. The SMILES string of the molecule is O=c1cc2c(nn1CCNS(=O)(=O)c1ccc(OC(F)(F)F)cc1)CCC2. The first-order valence-corrected chi connectivity index (χ1v) is 9.58. The van der Waals surface area contributed by atoms with Crippen molar-refractivity contribution < 1.29 is 26.3 Å². The highest BCUT2D eigenvalue weighted by Crippen LogP contribution is 2.23. The number of rotatable bonds is 6. The minimum atomic E-state index is -4.85. The zero-order valence-corrected chi connectivity index (χ0v) is 14.8. The molecule has 27 heavy (non-hydrogen) atoms. The van der Waals surface area contributed by atoms with Crippen molar-refractivity contribution in [3.8, 4) is 5.75 Å². The average molecular weight is 403 g/mol. The molecule has 11 heteroatoms. The van der Waals surface area contributed by atoms with E-state index in [9.17, 15) is 26.4 Å². The van der Waals surface area contributed by atoms with Gasteiger partial charge in [0, 0.05) is 12.6 Å². The Morgan fingerprint density at radius 2 is 1.89 bits per heavy atom. The lowest BCUT2D eigenvalue weighted by molar-refractivity contribution is -0.274. The second-order valence-corrected chi connectivity index (χ2v) is 7.72. The summed E-state index contributed by atoms with van der Waals surface area (Å²) in [5.74, 6) is -0.518. The van der Waals surface area contributed by atoms with E-state index in [1.807, 2.05) is 0 Å². The predicted octanol–water partition coefficient (Wildman–Crippen LogP) is 1.61. The predicted molar refractivity (Wildman–Crippen MR) is 88.8 cm³/mol. The Morgan fingerprint density at radius 3 is 2.56 bits per heavy atom. The van der Waals surface area contributed by atoms with Crippen LogP contribution in [0.15, 0.2) is 40.0 Å². The zero-order valence-electron chi connectivity index (χ0n) is 14.0. The van der Waals surface area contributed by atoms with Crippen molar-refractivity contribution >= 4 is 10.0 Å². The van der Waals surface area contributed by atoms with E-state index in [0.717, 1.165) is 54.8 Å². The minimum absolute atomic E-state index is 0.0423. The number of hydrogen-bond acceptors (Lipinski definition) is 5. The molecule has 0 atom stereocenters. The monoisotopic (exact) mass is 403 g/mol. The topological polar surface area (TPSA) is 90.3 Å². The Bertz CT molecular complexity index is 985. The smallest absolute Gasteiger partial charge is 0.406 e. The van der Waals surface area contributed by atoms with Crippen molar-refractivity contribution in [2.24, 2.45) is 0 Å². The molecule has 3 rings (SSSR count). The summed E-state index contributed by atoms with van der Waals surface area (Å²) < 4.78 is 68.0. The molecular formula is C16H16F3N3O4S. The molecule has 0 spiro atoms. The quantitative estimate of drug-likeness (QED) is 0.792. The molecular weight excluding hydrogens is 387 g/mol. The summed E-state index contributed by atoms with van der Waals surface area (Å²) in [5.41, 5.74) is 1.47. The fourth-order valence-corrected chi connectivity index (χ4v) is 3.81. The Labute approximate surface area is 152 Å². The van der Waals surface area contributed by atoms with Crippen LogP contribution in [0.2, 0.25) is 0 Å². The number of nitrogens with zero attached hydrogens (tertiary/aromatic N) is 2. The molecule has 0 bridgehead atoms. The average Bonchev–Trinajstić information content (AvgIpc) is 3.01. The lowest BCUT2D eigenvalue weighted by Crippen LogP contribution is -2.32. The Balaban J connectivity index is 1.63. The largest absolute Gasteiger partial charge is 0.573 e. The standard InChI is InChI=1S/C16H16F3N3O4S/c17-16(18,19)26-12-4-6-13(7-5-12)27(24,25)20-8-9-22-15(23)10-11-2-1-3-14(11)21-22/h4-7,10,20H,1-3,8-9H2. The zero-order chi connectivity index (χ0) is 19.7. The summed E-state index contributed by atoms with van der Waals surface area (Å²) in [6.45, 7) is -0.0462. The second kappa shape index (κ2) is 7.31. The summed E-state index contributed by atoms with van der Waals surface area (Å²) in [7, 11) is -3.95. The van der Waals surface area contributed by atoms with E-state index >= 15 is 0 Å². The third-order valence-corrected chi connectivity index (χ3v) is 5.48. The summed E-state index contributed by atoms with van der Waals surface area (Å²) in [5, 5.41) is 4.24. The van der Waals surface area contributed by atoms with E-state index in [4.69, 9.17) is 0 Å². The van der Waals surface area contributed by atoms with Crippen LogP contribution in [0.3, 0.4) is 0 Å². The van der Waals surface area contributed by atoms with Crippen LogP contribution in [0.1, 0.15) is 17.7 Å². The number of aryl methyl sites for hydroxylation is 2. The summed E-state index contributed by atoms with van der Waals surface area (Å²) >= 11 is 0. The van der Waals surface area contributed by atoms with Gasteiger partial charge in [0.2, 0.25) is 10.0 Å². The van der Waals surface area contributed by atoms with Crippen LogP contribution >= 0.6 is 0 Å². The van der Waals surface area contributed by atoms with Gasteiger partial charge in [0.05, 0.1) is 17.1 Å². The molecule has 2 aromatic rings. The number of ether oxygens (including phenoxy) is 1. The number of fused-ring (bicyclic) bond motifs is 1. The lowest BCUT2D eigenvalue weighted by atomic mass is 10.2. The molecule has 0 saturated heterocycles. The summed E-state index contributed by atoms with van der Waals surface area (Å²) in [4.78, 5) is 11.8. The molecule has 1 N–H and O–H groups in total. The third-order valence-electron chi connectivity index (χ3n) is 4.01. The fourth-order valence-electron chi connectivity index (χ4n) is 2.79. The number of nitrogens with one attached hydrogen (secondary N) is 1. The molecule has 0 amide bonds. The van der Waals surface area contributed by atoms with Gasteiger partial charge in [-0.2, -0.15) is 5.10 Å². The molecule has 0 fully saturated rings. The van der Waals surface area contributed by atoms with Crippen LogP contribution < -0.4 is 15.0 Å². The van der Waals surface area contributed by atoms with Crippen molar-refractivity contribution in [3.63, 3.8) is 0 Å². The highest BCUT2D eigenvalue weighted by molar-refractivity contribution is 7.89.